The monoisotopic (exact) mass is 439 g/mol. The van der Waals surface area contributed by atoms with E-state index < -0.39 is 21.8 Å². The predicted octanol–water partition coefficient (Wildman–Crippen LogP) is 2.69. The van der Waals surface area contributed by atoms with Crippen molar-refractivity contribution in [2.45, 2.75) is 23.7 Å². The Morgan fingerprint density at radius 3 is 2.57 bits per heavy atom. The van der Waals surface area contributed by atoms with Gasteiger partial charge in [-0.25, -0.2) is 8.42 Å². The molecule has 0 saturated heterocycles. The SMILES string of the molecule is O=C1c2cccnc2C(=O)N1Cc1ccc(S(=O)(=O)N2CCc3ccccc3C2)s1. The van der Waals surface area contributed by atoms with Gasteiger partial charge in [0.2, 0.25) is 0 Å². The van der Waals surface area contributed by atoms with Crippen LogP contribution in [0.25, 0.3) is 0 Å². The van der Waals surface area contributed by atoms with Crippen LogP contribution in [0, 0.1) is 0 Å². The summed E-state index contributed by atoms with van der Waals surface area (Å²) in [6.07, 6.45) is 2.15. The molecule has 2 aliphatic heterocycles. The molecule has 1 aromatic carbocycles. The third-order valence-electron chi connectivity index (χ3n) is 5.37. The third kappa shape index (κ3) is 3.06. The maximum Gasteiger partial charge on any atom is 0.280 e. The van der Waals surface area contributed by atoms with E-state index >= 15 is 0 Å². The number of hydrogen-bond donors (Lipinski definition) is 0. The number of fused-ring (bicyclic) bond motifs is 2. The molecule has 0 bridgehead atoms. The summed E-state index contributed by atoms with van der Waals surface area (Å²) in [5.41, 5.74) is 2.61. The highest BCUT2D eigenvalue weighted by atomic mass is 32.2. The molecule has 0 spiro atoms. The first kappa shape index (κ1) is 19.1. The molecule has 5 rings (SSSR count). The normalized spacial score (nSPS) is 16.6. The lowest BCUT2D eigenvalue weighted by atomic mass is 10.0. The second-order valence-electron chi connectivity index (χ2n) is 7.17. The van der Waals surface area contributed by atoms with Crippen LogP contribution in [0.2, 0.25) is 0 Å². The quantitative estimate of drug-likeness (QED) is 0.584. The van der Waals surface area contributed by atoms with Crippen LogP contribution in [-0.2, 0) is 29.5 Å². The topological polar surface area (TPSA) is 87.6 Å². The minimum Gasteiger partial charge on any atom is -0.268 e. The Balaban J connectivity index is 1.36. The highest BCUT2D eigenvalue weighted by Crippen LogP contribution is 2.31. The third-order valence-corrected chi connectivity index (χ3v) is 8.75. The van der Waals surface area contributed by atoms with E-state index in [1.165, 1.54) is 16.1 Å². The lowest BCUT2D eigenvalue weighted by Gasteiger charge is -2.27. The maximum absolute atomic E-state index is 13.1. The van der Waals surface area contributed by atoms with Gasteiger partial charge in [0.25, 0.3) is 21.8 Å². The van der Waals surface area contributed by atoms with Gasteiger partial charge in [0.15, 0.2) is 0 Å². The van der Waals surface area contributed by atoms with E-state index in [-0.39, 0.29) is 22.0 Å². The van der Waals surface area contributed by atoms with E-state index in [9.17, 15) is 18.0 Å². The minimum absolute atomic E-state index is 0.0248. The van der Waals surface area contributed by atoms with Gasteiger partial charge < -0.3 is 0 Å². The van der Waals surface area contributed by atoms with Gasteiger partial charge in [-0.15, -0.1) is 11.3 Å². The zero-order chi connectivity index (χ0) is 20.9. The Labute approximate surface area is 177 Å². The van der Waals surface area contributed by atoms with Crippen LogP contribution in [0.4, 0.5) is 0 Å². The Kier molecular flexibility index (Phi) is 4.53. The molecule has 3 aromatic rings. The summed E-state index contributed by atoms with van der Waals surface area (Å²) in [4.78, 5) is 30.8. The fourth-order valence-electron chi connectivity index (χ4n) is 3.80. The van der Waals surface area contributed by atoms with E-state index in [1.807, 2.05) is 24.3 Å². The molecule has 0 aliphatic carbocycles. The fourth-order valence-corrected chi connectivity index (χ4v) is 6.72. The van der Waals surface area contributed by atoms with Gasteiger partial charge in [-0.2, -0.15) is 4.31 Å². The van der Waals surface area contributed by atoms with E-state index in [4.69, 9.17) is 0 Å². The summed E-state index contributed by atoms with van der Waals surface area (Å²) < 4.78 is 28.0. The number of pyridine rings is 1. The number of thiophene rings is 1. The molecule has 2 amide bonds. The molecule has 0 radical (unpaired) electrons. The number of aromatic nitrogens is 1. The number of rotatable bonds is 4. The molecule has 0 saturated carbocycles. The van der Waals surface area contributed by atoms with Gasteiger partial charge in [-0.05, 0) is 41.8 Å². The molecule has 0 fully saturated rings. The van der Waals surface area contributed by atoms with Crippen molar-refractivity contribution in [2.75, 3.05) is 6.54 Å². The second kappa shape index (κ2) is 7.12. The Morgan fingerprint density at radius 1 is 0.967 bits per heavy atom. The summed E-state index contributed by atoms with van der Waals surface area (Å²) in [5.74, 6) is -0.866. The van der Waals surface area contributed by atoms with E-state index in [0.29, 0.717) is 24.4 Å². The number of carbonyl (C=O) groups excluding carboxylic acids is 2. The molecular weight excluding hydrogens is 422 g/mol. The van der Waals surface area contributed by atoms with Crippen LogP contribution < -0.4 is 0 Å². The van der Waals surface area contributed by atoms with Gasteiger partial charge in [0, 0.05) is 24.2 Å². The molecule has 0 N–H and O–H groups in total. The van der Waals surface area contributed by atoms with Crippen molar-refractivity contribution in [3.8, 4) is 0 Å². The van der Waals surface area contributed by atoms with Crippen molar-refractivity contribution >= 4 is 33.2 Å². The molecule has 2 aliphatic rings. The van der Waals surface area contributed by atoms with Crippen LogP contribution in [0.15, 0.2) is 58.9 Å². The van der Waals surface area contributed by atoms with E-state index in [0.717, 1.165) is 21.8 Å². The molecular formula is C21H17N3O4S2. The number of carbonyl (C=O) groups is 2. The van der Waals surface area contributed by atoms with Crippen LogP contribution in [-0.4, -0.2) is 41.0 Å². The van der Waals surface area contributed by atoms with Gasteiger partial charge in [-0.3, -0.25) is 19.5 Å². The average Bonchev–Trinajstić information content (AvgIpc) is 3.34. The van der Waals surface area contributed by atoms with Gasteiger partial charge >= 0.3 is 0 Å². The molecule has 152 valence electrons. The zero-order valence-corrected chi connectivity index (χ0v) is 17.4. The van der Waals surface area contributed by atoms with Crippen LogP contribution in [0.5, 0.6) is 0 Å². The smallest absolute Gasteiger partial charge is 0.268 e. The Hall–Kier alpha value is -2.88. The molecule has 4 heterocycles. The highest BCUT2D eigenvalue weighted by molar-refractivity contribution is 7.91. The number of benzene rings is 1. The number of sulfonamides is 1. The van der Waals surface area contributed by atoms with Crippen molar-refractivity contribution < 1.29 is 18.0 Å². The number of nitrogens with zero attached hydrogens (tertiary/aromatic N) is 3. The first-order valence-electron chi connectivity index (χ1n) is 9.42. The fraction of sp³-hybridized carbons (Fsp3) is 0.190. The lowest BCUT2D eigenvalue weighted by Crippen LogP contribution is -2.35. The first-order chi connectivity index (χ1) is 14.4. The second-order valence-corrected chi connectivity index (χ2v) is 10.5. The number of hydrogen-bond acceptors (Lipinski definition) is 6. The van der Waals surface area contributed by atoms with Crippen molar-refractivity contribution in [1.29, 1.82) is 0 Å². The van der Waals surface area contributed by atoms with Crippen molar-refractivity contribution in [3.63, 3.8) is 0 Å². The Morgan fingerprint density at radius 2 is 1.77 bits per heavy atom. The Bertz CT molecular complexity index is 1250. The van der Waals surface area contributed by atoms with Gasteiger partial charge in [0.05, 0.1) is 12.1 Å². The van der Waals surface area contributed by atoms with Gasteiger partial charge in [-0.1, -0.05) is 24.3 Å². The van der Waals surface area contributed by atoms with E-state index in [2.05, 4.69) is 4.98 Å². The minimum atomic E-state index is -3.65. The average molecular weight is 440 g/mol. The van der Waals surface area contributed by atoms with Crippen molar-refractivity contribution in [3.05, 3.63) is 82.0 Å². The first-order valence-corrected chi connectivity index (χ1v) is 11.7. The molecule has 0 atom stereocenters. The van der Waals surface area contributed by atoms with Gasteiger partial charge in [0.1, 0.15) is 9.90 Å². The zero-order valence-electron chi connectivity index (χ0n) is 15.8. The standard InChI is InChI=1S/C21H17N3O4S2/c25-20-17-6-3-10-22-19(17)21(26)24(20)13-16-7-8-18(29-16)30(27,28)23-11-9-14-4-1-2-5-15(14)12-23/h1-8,10H,9,11-13H2. The van der Waals surface area contributed by atoms with Crippen LogP contribution in [0.3, 0.4) is 0 Å². The van der Waals surface area contributed by atoms with Crippen molar-refractivity contribution in [2.24, 2.45) is 0 Å². The van der Waals surface area contributed by atoms with Crippen LogP contribution >= 0.6 is 11.3 Å². The summed E-state index contributed by atoms with van der Waals surface area (Å²) in [7, 11) is -3.65. The largest absolute Gasteiger partial charge is 0.280 e. The summed E-state index contributed by atoms with van der Waals surface area (Å²) in [5, 5.41) is 0. The van der Waals surface area contributed by atoms with Crippen LogP contribution in [0.1, 0.15) is 36.9 Å². The summed E-state index contributed by atoms with van der Waals surface area (Å²) in [6.45, 7) is 0.795. The predicted molar refractivity (Wildman–Crippen MR) is 111 cm³/mol. The summed E-state index contributed by atoms with van der Waals surface area (Å²) >= 11 is 1.09. The maximum atomic E-state index is 13.1. The van der Waals surface area contributed by atoms with E-state index in [1.54, 1.807) is 24.3 Å². The number of amides is 2. The molecule has 7 nitrogen and oxygen atoms in total. The van der Waals surface area contributed by atoms with Crippen molar-refractivity contribution in [1.82, 2.24) is 14.2 Å². The number of imide groups is 1. The molecule has 2 aromatic heterocycles. The lowest BCUT2D eigenvalue weighted by molar-refractivity contribution is 0.0642. The molecule has 30 heavy (non-hydrogen) atoms. The molecule has 9 heteroatoms. The molecule has 0 unspecified atom stereocenters. The summed E-state index contributed by atoms with van der Waals surface area (Å²) in [6, 6.07) is 14.2. The highest BCUT2D eigenvalue weighted by Gasteiger charge is 2.37.